The van der Waals surface area contributed by atoms with Crippen LogP contribution in [0.5, 0.6) is 0 Å². The van der Waals surface area contributed by atoms with E-state index < -0.39 is 0 Å². The van der Waals surface area contributed by atoms with Crippen molar-refractivity contribution in [2.75, 3.05) is 6.61 Å². The summed E-state index contributed by atoms with van der Waals surface area (Å²) in [7, 11) is 0. The van der Waals surface area contributed by atoms with Crippen LogP contribution in [0, 0.1) is 5.92 Å². The van der Waals surface area contributed by atoms with Crippen molar-refractivity contribution in [2.45, 2.75) is 175 Å². The van der Waals surface area contributed by atoms with Crippen molar-refractivity contribution in [1.29, 1.82) is 0 Å². The van der Waals surface area contributed by atoms with Gasteiger partial charge in [0, 0.05) is 6.61 Å². The summed E-state index contributed by atoms with van der Waals surface area (Å²) in [6.45, 7) is 10.2. The Morgan fingerprint density at radius 1 is 0.452 bits per heavy atom. The highest BCUT2D eigenvalue weighted by molar-refractivity contribution is 4.54. The second-order valence-electron chi connectivity index (χ2n) is 10.4. The summed E-state index contributed by atoms with van der Waals surface area (Å²) >= 11 is 0. The van der Waals surface area contributed by atoms with E-state index in [4.69, 9.17) is 4.74 Å². The summed E-state index contributed by atoms with van der Waals surface area (Å²) in [5.74, 6) is 0.891. The molecule has 1 atom stereocenters. The van der Waals surface area contributed by atoms with Gasteiger partial charge in [-0.1, -0.05) is 149 Å². The van der Waals surface area contributed by atoms with E-state index in [9.17, 15) is 0 Å². The molecule has 0 bridgehead atoms. The number of unbranched alkanes of at least 4 members (excludes halogenated alkanes) is 18. The van der Waals surface area contributed by atoms with Gasteiger partial charge in [-0.05, 0) is 25.7 Å². The van der Waals surface area contributed by atoms with Gasteiger partial charge in [-0.2, -0.15) is 0 Å². The molecule has 2 N–H and O–H groups in total. The predicted octanol–water partition coefficient (Wildman–Crippen LogP) is 9.82. The van der Waals surface area contributed by atoms with Crippen LogP contribution < -0.4 is 0 Å². The van der Waals surface area contributed by atoms with Crippen LogP contribution in [0.3, 0.4) is 0 Å². The Morgan fingerprint density at radius 2 is 0.806 bits per heavy atom. The summed E-state index contributed by atoms with van der Waals surface area (Å²) < 4.78 is 5.98. The smallest absolute Gasteiger partial charge is 0.0547 e. The van der Waals surface area contributed by atoms with Crippen molar-refractivity contribution in [1.82, 2.24) is 0 Å². The molecule has 0 fully saturated rings. The lowest BCUT2D eigenvalue weighted by Gasteiger charge is -2.12. The summed E-state index contributed by atoms with van der Waals surface area (Å²) in [5, 5.41) is 0. The van der Waals surface area contributed by atoms with Gasteiger partial charge in [0.15, 0.2) is 0 Å². The third-order valence-corrected chi connectivity index (χ3v) is 6.54. The second-order valence-corrected chi connectivity index (χ2v) is 10.4. The first-order chi connectivity index (χ1) is 14.7. The van der Waals surface area contributed by atoms with Crippen LogP contribution in [0.2, 0.25) is 0 Å². The fraction of sp³-hybridized carbons (Fsp3) is 1.00. The van der Waals surface area contributed by atoms with Crippen molar-refractivity contribution >= 4 is 0 Å². The maximum atomic E-state index is 5.98. The number of ether oxygens (including phenoxy) is 1. The highest BCUT2D eigenvalue weighted by Gasteiger charge is 2.02. The minimum absolute atomic E-state index is 0. The van der Waals surface area contributed by atoms with Crippen molar-refractivity contribution in [3.8, 4) is 0 Å². The molecule has 0 aliphatic rings. The van der Waals surface area contributed by atoms with Crippen molar-refractivity contribution < 1.29 is 10.2 Å². The number of rotatable bonds is 25. The molecule has 31 heavy (non-hydrogen) atoms. The zero-order valence-electron chi connectivity index (χ0n) is 22.3. The van der Waals surface area contributed by atoms with E-state index in [1.165, 1.54) is 141 Å². The van der Waals surface area contributed by atoms with Gasteiger partial charge in [0.2, 0.25) is 0 Å². The maximum absolute atomic E-state index is 5.98. The third kappa shape index (κ3) is 29.9. The maximum Gasteiger partial charge on any atom is 0.0547 e. The lowest BCUT2D eigenvalue weighted by atomic mass is 10.0. The second kappa shape index (κ2) is 28.0. The fourth-order valence-corrected chi connectivity index (χ4v) is 4.36. The van der Waals surface area contributed by atoms with Crippen molar-refractivity contribution in [3.63, 3.8) is 0 Å². The van der Waals surface area contributed by atoms with E-state index in [1.807, 2.05) is 0 Å². The SMILES string of the molecule is CCCCCCCC(C)OCCCCCCCCCCCCCCCCCC(C)C.O. The van der Waals surface area contributed by atoms with Crippen LogP contribution in [0.4, 0.5) is 0 Å². The van der Waals surface area contributed by atoms with Gasteiger partial charge in [-0.25, -0.2) is 0 Å². The zero-order chi connectivity index (χ0) is 22.1. The number of hydrogen-bond acceptors (Lipinski definition) is 1. The Kier molecular flexibility index (Phi) is 29.8. The molecule has 190 valence electrons. The average molecular weight is 443 g/mol. The lowest BCUT2D eigenvalue weighted by molar-refractivity contribution is 0.0557. The minimum Gasteiger partial charge on any atom is -0.412 e. The Balaban J connectivity index is 0. The summed E-state index contributed by atoms with van der Waals surface area (Å²) in [4.78, 5) is 0. The van der Waals surface area contributed by atoms with Crippen LogP contribution in [-0.2, 0) is 4.74 Å². The Labute approximate surface area is 198 Å². The van der Waals surface area contributed by atoms with Gasteiger partial charge in [0.1, 0.15) is 0 Å². The van der Waals surface area contributed by atoms with E-state index in [1.54, 1.807) is 0 Å². The molecule has 0 amide bonds. The van der Waals surface area contributed by atoms with E-state index >= 15 is 0 Å². The highest BCUT2D eigenvalue weighted by atomic mass is 16.5. The molecule has 0 rings (SSSR count). The Morgan fingerprint density at radius 3 is 1.23 bits per heavy atom. The molecule has 0 aliphatic carbocycles. The molecule has 0 radical (unpaired) electrons. The molecule has 0 aliphatic heterocycles. The molecule has 2 heteroatoms. The van der Waals surface area contributed by atoms with Crippen LogP contribution in [0.15, 0.2) is 0 Å². The largest absolute Gasteiger partial charge is 0.412 e. The molecule has 0 saturated carbocycles. The molecular weight excluding hydrogens is 380 g/mol. The molecule has 0 aromatic heterocycles. The van der Waals surface area contributed by atoms with E-state index in [2.05, 4.69) is 27.7 Å². The topological polar surface area (TPSA) is 40.7 Å². The normalized spacial score (nSPS) is 12.3. The monoisotopic (exact) mass is 442 g/mol. The van der Waals surface area contributed by atoms with Gasteiger partial charge in [-0.3, -0.25) is 0 Å². The standard InChI is InChI=1S/C29H60O.H2O/c1-5-6-7-19-23-26-29(4)30-27-24-21-18-16-14-12-10-8-9-11-13-15-17-20-22-25-28(2)3;/h28-29H,5-27H2,1-4H3;1H2. The van der Waals surface area contributed by atoms with E-state index in [0.29, 0.717) is 6.10 Å². The highest BCUT2D eigenvalue weighted by Crippen LogP contribution is 2.15. The van der Waals surface area contributed by atoms with Crippen LogP contribution in [0.1, 0.15) is 169 Å². The summed E-state index contributed by atoms with van der Waals surface area (Å²) in [5.41, 5.74) is 0. The molecular formula is C29H62O2. The molecule has 0 spiro atoms. The van der Waals surface area contributed by atoms with Crippen LogP contribution in [-0.4, -0.2) is 18.2 Å². The first-order valence-corrected chi connectivity index (χ1v) is 14.3. The zero-order valence-corrected chi connectivity index (χ0v) is 22.3. The molecule has 0 saturated heterocycles. The first-order valence-electron chi connectivity index (χ1n) is 14.3. The van der Waals surface area contributed by atoms with E-state index in [0.717, 1.165) is 12.5 Å². The van der Waals surface area contributed by atoms with Gasteiger partial charge in [0.05, 0.1) is 6.10 Å². The van der Waals surface area contributed by atoms with Gasteiger partial charge >= 0.3 is 0 Å². The lowest BCUT2D eigenvalue weighted by Crippen LogP contribution is -2.09. The van der Waals surface area contributed by atoms with Crippen LogP contribution >= 0.6 is 0 Å². The minimum atomic E-state index is 0. The van der Waals surface area contributed by atoms with Gasteiger partial charge in [0.25, 0.3) is 0 Å². The van der Waals surface area contributed by atoms with Gasteiger partial charge in [-0.15, -0.1) is 0 Å². The van der Waals surface area contributed by atoms with Crippen LogP contribution in [0.25, 0.3) is 0 Å². The Bertz CT molecular complexity index is 303. The van der Waals surface area contributed by atoms with E-state index in [-0.39, 0.29) is 5.48 Å². The molecule has 0 heterocycles. The quantitative estimate of drug-likeness (QED) is 0.130. The van der Waals surface area contributed by atoms with Crippen molar-refractivity contribution in [3.05, 3.63) is 0 Å². The molecule has 1 unspecified atom stereocenters. The molecule has 2 nitrogen and oxygen atoms in total. The number of hydrogen-bond donors (Lipinski definition) is 0. The summed E-state index contributed by atoms with van der Waals surface area (Å²) in [6, 6.07) is 0. The fourth-order valence-electron chi connectivity index (χ4n) is 4.36. The third-order valence-electron chi connectivity index (χ3n) is 6.54. The average Bonchev–Trinajstić information content (AvgIpc) is 2.72. The van der Waals surface area contributed by atoms with Crippen molar-refractivity contribution in [2.24, 2.45) is 5.92 Å². The first kappa shape index (κ1) is 33.1. The van der Waals surface area contributed by atoms with Gasteiger partial charge < -0.3 is 10.2 Å². The summed E-state index contributed by atoms with van der Waals surface area (Å²) in [6.07, 6.45) is 31.6. The molecule has 0 aromatic carbocycles. The molecule has 0 aromatic rings. The predicted molar refractivity (Wildman–Crippen MR) is 141 cm³/mol. The Hall–Kier alpha value is -0.0800.